The molecule has 2 nitrogen and oxygen atoms in total. The van der Waals surface area contributed by atoms with Gasteiger partial charge in [-0.1, -0.05) is 19.1 Å². The van der Waals surface area contributed by atoms with Crippen LogP contribution in [0.1, 0.15) is 24.5 Å². The minimum absolute atomic E-state index is 0.203. The highest BCUT2D eigenvalue weighted by Crippen LogP contribution is 2.29. The molecule has 0 fully saturated rings. The first kappa shape index (κ1) is 14.8. The summed E-state index contributed by atoms with van der Waals surface area (Å²) in [5.41, 5.74) is 7.01. The summed E-state index contributed by atoms with van der Waals surface area (Å²) in [7, 11) is 0. The number of aryl methyl sites for hydroxylation is 2. The molecule has 0 radical (unpaired) electrons. The molecular weight excluding hydrogens is 243 g/mol. The summed E-state index contributed by atoms with van der Waals surface area (Å²) < 4.78 is 43.7. The van der Waals surface area contributed by atoms with Crippen LogP contribution in [0.4, 0.5) is 13.2 Å². The van der Waals surface area contributed by atoms with Gasteiger partial charge >= 0.3 is 6.18 Å². The van der Waals surface area contributed by atoms with E-state index < -0.39 is 18.3 Å². The standard InChI is InChI=1S/C13H18F3NO/c1-4-10(17)12(13(14,15)16)18-11-7-8(2)5-6-9(11)3/h5-7,10,12H,4,17H2,1-3H3. The molecule has 102 valence electrons. The Morgan fingerprint density at radius 1 is 1.28 bits per heavy atom. The van der Waals surface area contributed by atoms with Gasteiger partial charge in [0.15, 0.2) is 0 Å². The normalized spacial score (nSPS) is 15.3. The van der Waals surface area contributed by atoms with E-state index in [9.17, 15) is 13.2 Å². The Kier molecular flexibility index (Phi) is 4.62. The highest BCUT2D eigenvalue weighted by molar-refractivity contribution is 5.36. The Morgan fingerprint density at radius 3 is 2.39 bits per heavy atom. The van der Waals surface area contributed by atoms with Gasteiger partial charge in [-0.3, -0.25) is 0 Å². The molecule has 0 amide bonds. The van der Waals surface area contributed by atoms with Crippen LogP contribution in [0.3, 0.4) is 0 Å². The van der Waals surface area contributed by atoms with E-state index in [-0.39, 0.29) is 12.2 Å². The summed E-state index contributed by atoms with van der Waals surface area (Å²) in [4.78, 5) is 0. The van der Waals surface area contributed by atoms with Crippen molar-refractivity contribution in [2.45, 2.75) is 45.5 Å². The van der Waals surface area contributed by atoms with Gasteiger partial charge in [0.2, 0.25) is 6.10 Å². The maximum absolute atomic E-state index is 12.9. The maximum atomic E-state index is 12.9. The fourth-order valence-electron chi connectivity index (χ4n) is 1.58. The maximum Gasteiger partial charge on any atom is 0.426 e. The van der Waals surface area contributed by atoms with E-state index in [1.54, 1.807) is 32.9 Å². The molecule has 0 aromatic heterocycles. The zero-order valence-corrected chi connectivity index (χ0v) is 10.7. The second kappa shape index (κ2) is 5.61. The van der Waals surface area contributed by atoms with Crippen molar-refractivity contribution in [1.29, 1.82) is 0 Å². The molecule has 0 bridgehead atoms. The number of hydrogen-bond donors (Lipinski definition) is 1. The van der Waals surface area contributed by atoms with Crippen molar-refractivity contribution < 1.29 is 17.9 Å². The third-order valence-electron chi connectivity index (χ3n) is 2.78. The quantitative estimate of drug-likeness (QED) is 0.902. The highest BCUT2D eigenvalue weighted by atomic mass is 19.4. The smallest absolute Gasteiger partial charge is 0.426 e. The van der Waals surface area contributed by atoms with Crippen molar-refractivity contribution in [2.75, 3.05) is 0 Å². The largest absolute Gasteiger partial charge is 0.479 e. The number of nitrogens with two attached hydrogens (primary N) is 1. The molecule has 2 N–H and O–H groups in total. The van der Waals surface area contributed by atoms with Crippen molar-refractivity contribution in [2.24, 2.45) is 5.73 Å². The Morgan fingerprint density at radius 2 is 1.89 bits per heavy atom. The average Bonchev–Trinajstić information content (AvgIpc) is 2.27. The van der Waals surface area contributed by atoms with Crippen LogP contribution in [0.25, 0.3) is 0 Å². The van der Waals surface area contributed by atoms with Crippen molar-refractivity contribution in [3.8, 4) is 5.75 Å². The van der Waals surface area contributed by atoms with Crippen molar-refractivity contribution >= 4 is 0 Å². The Bertz CT molecular complexity index is 404. The zero-order valence-electron chi connectivity index (χ0n) is 10.7. The SMILES string of the molecule is CCC(N)C(Oc1cc(C)ccc1C)C(F)(F)F. The van der Waals surface area contributed by atoms with Crippen LogP contribution in [0.15, 0.2) is 18.2 Å². The van der Waals surface area contributed by atoms with Crippen LogP contribution in [-0.4, -0.2) is 18.3 Å². The minimum Gasteiger partial charge on any atom is -0.479 e. The molecule has 0 saturated heterocycles. The lowest BCUT2D eigenvalue weighted by Crippen LogP contribution is -2.48. The van der Waals surface area contributed by atoms with Gasteiger partial charge in [0.25, 0.3) is 0 Å². The molecule has 0 spiro atoms. The topological polar surface area (TPSA) is 35.2 Å². The molecule has 1 aromatic carbocycles. The van der Waals surface area contributed by atoms with Crippen LogP contribution in [0, 0.1) is 13.8 Å². The van der Waals surface area contributed by atoms with Crippen molar-refractivity contribution in [3.05, 3.63) is 29.3 Å². The fourth-order valence-corrected chi connectivity index (χ4v) is 1.58. The Balaban J connectivity index is 3.00. The summed E-state index contributed by atoms with van der Waals surface area (Å²) in [6.07, 6.45) is -6.23. The molecule has 0 aliphatic carbocycles. The number of rotatable bonds is 4. The lowest BCUT2D eigenvalue weighted by atomic mass is 10.1. The number of halogens is 3. The van der Waals surface area contributed by atoms with Gasteiger partial charge in [-0.05, 0) is 37.5 Å². The molecule has 2 unspecified atom stereocenters. The lowest BCUT2D eigenvalue weighted by molar-refractivity contribution is -0.201. The van der Waals surface area contributed by atoms with E-state index in [1.165, 1.54) is 0 Å². The predicted octanol–water partition coefficient (Wildman–Crippen LogP) is 3.35. The van der Waals surface area contributed by atoms with E-state index >= 15 is 0 Å². The third kappa shape index (κ3) is 3.63. The molecule has 0 aliphatic rings. The minimum atomic E-state index is -4.47. The van der Waals surface area contributed by atoms with Gasteiger partial charge in [-0.2, -0.15) is 13.2 Å². The summed E-state index contributed by atoms with van der Waals surface area (Å²) >= 11 is 0. The number of hydrogen-bond acceptors (Lipinski definition) is 2. The molecule has 1 aromatic rings. The molecule has 1 rings (SSSR count). The second-order valence-electron chi connectivity index (χ2n) is 4.42. The predicted molar refractivity (Wildman–Crippen MR) is 64.7 cm³/mol. The van der Waals surface area contributed by atoms with Gasteiger partial charge < -0.3 is 10.5 Å². The van der Waals surface area contributed by atoms with Gasteiger partial charge in [-0.25, -0.2) is 0 Å². The third-order valence-corrected chi connectivity index (χ3v) is 2.78. The summed E-state index contributed by atoms with van der Waals surface area (Å²) in [6, 6.07) is 4.08. The second-order valence-corrected chi connectivity index (χ2v) is 4.42. The number of ether oxygens (including phenoxy) is 1. The van der Waals surface area contributed by atoms with Crippen LogP contribution in [0.2, 0.25) is 0 Å². The highest BCUT2D eigenvalue weighted by Gasteiger charge is 2.45. The Labute approximate surface area is 105 Å². The monoisotopic (exact) mass is 261 g/mol. The van der Waals surface area contributed by atoms with E-state index in [0.29, 0.717) is 5.56 Å². The van der Waals surface area contributed by atoms with Crippen LogP contribution in [0.5, 0.6) is 5.75 Å². The van der Waals surface area contributed by atoms with Gasteiger partial charge in [0.05, 0.1) is 6.04 Å². The molecule has 0 aliphatic heterocycles. The summed E-state index contributed by atoms with van der Waals surface area (Å²) in [5, 5.41) is 0. The first-order chi connectivity index (χ1) is 8.25. The molecule has 0 heterocycles. The van der Waals surface area contributed by atoms with Crippen LogP contribution >= 0.6 is 0 Å². The van der Waals surface area contributed by atoms with E-state index in [1.807, 2.05) is 6.07 Å². The zero-order chi connectivity index (χ0) is 13.9. The number of benzene rings is 1. The summed E-state index contributed by atoms with van der Waals surface area (Å²) in [6.45, 7) is 5.12. The number of alkyl halides is 3. The van der Waals surface area contributed by atoms with E-state index in [4.69, 9.17) is 10.5 Å². The van der Waals surface area contributed by atoms with Gasteiger partial charge in [0.1, 0.15) is 5.75 Å². The van der Waals surface area contributed by atoms with Crippen LogP contribution in [-0.2, 0) is 0 Å². The molecule has 0 saturated carbocycles. The molecule has 5 heteroatoms. The van der Waals surface area contributed by atoms with Gasteiger partial charge in [0, 0.05) is 0 Å². The van der Waals surface area contributed by atoms with E-state index in [2.05, 4.69) is 0 Å². The van der Waals surface area contributed by atoms with E-state index in [0.717, 1.165) is 5.56 Å². The molecule has 18 heavy (non-hydrogen) atoms. The lowest BCUT2D eigenvalue weighted by Gasteiger charge is -2.27. The van der Waals surface area contributed by atoms with Crippen molar-refractivity contribution in [3.63, 3.8) is 0 Å². The fraction of sp³-hybridized carbons (Fsp3) is 0.538. The van der Waals surface area contributed by atoms with Crippen LogP contribution < -0.4 is 10.5 Å². The molecular formula is C13H18F3NO. The van der Waals surface area contributed by atoms with Crippen molar-refractivity contribution in [1.82, 2.24) is 0 Å². The first-order valence-electron chi connectivity index (χ1n) is 5.82. The Hall–Kier alpha value is -1.23. The summed E-state index contributed by atoms with van der Waals surface area (Å²) in [5.74, 6) is 0.237. The first-order valence-corrected chi connectivity index (χ1v) is 5.82. The van der Waals surface area contributed by atoms with Gasteiger partial charge in [-0.15, -0.1) is 0 Å². The average molecular weight is 261 g/mol. The molecule has 2 atom stereocenters.